The molecule has 1 aromatic heterocycles. The summed E-state index contributed by atoms with van der Waals surface area (Å²) in [5, 5.41) is 12.8. The Bertz CT molecular complexity index is 712. The second-order valence-corrected chi connectivity index (χ2v) is 6.32. The van der Waals surface area contributed by atoms with Gasteiger partial charge in [0.1, 0.15) is 10.7 Å². The highest BCUT2D eigenvalue weighted by molar-refractivity contribution is 7.89. The molecule has 0 bridgehead atoms. The van der Waals surface area contributed by atoms with Gasteiger partial charge in [-0.15, -0.1) is 0 Å². The minimum absolute atomic E-state index is 0.000640. The maximum absolute atomic E-state index is 12.2. The molecule has 0 radical (unpaired) electrons. The van der Waals surface area contributed by atoms with Crippen LogP contribution in [-0.2, 0) is 23.2 Å². The molecule has 1 heterocycles. The van der Waals surface area contributed by atoms with Gasteiger partial charge in [-0.05, 0) is 24.6 Å². The Morgan fingerprint density at radius 3 is 2.75 bits per heavy atom. The molecule has 0 unspecified atom stereocenters. The number of aliphatic hydroxyl groups is 1. The molecule has 1 aromatic carbocycles. The van der Waals surface area contributed by atoms with E-state index >= 15 is 0 Å². The molecule has 0 atom stereocenters. The van der Waals surface area contributed by atoms with Crippen molar-refractivity contribution in [3.63, 3.8) is 0 Å². The van der Waals surface area contributed by atoms with Gasteiger partial charge in [0.25, 0.3) is 0 Å². The summed E-state index contributed by atoms with van der Waals surface area (Å²) in [6, 6.07) is 5.96. The average Bonchev–Trinajstić information content (AvgIpc) is 2.83. The zero-order valence-electron chi connectivity index (χ0n) is 10.6. The summed E-state index contributed by atoms with van der Waals surface area (Å²) in [7, 11) is -3.79. The van der Waals surface area contributed by atoms with E-state index in [0.717, 1.165) is 0 Å². The highest BCUT2D eigenvalue weighted by atomic mass is 35.5. The van der Waals surface area contributed by atoms with E-state index in [-0.39, 0.29) is 23.1 Å². The second kappa shape index (κ2) is 5.92. The lowest BCUT2D eigenvalue weighted by molar-refractivity contribution is 0.281. The van der Waals surface area contributed by atoms with Crippen LogP contribution in [-0.4, -0.2) is 18.7 Å². The van der Waals surface area contributed by atoms with Crippen molar-refractivity contribution in [2.45, 2.75) is 25.0 Å². The number of nitrogens with one attached hydrogen (secondary N) is 1. The molecule has 2 N–H and O–H groups in total. The van der Waals surface area contributed by atoms with E-state index in [1.165, 1.54) is 12.1 Å². The third kappa shape index (κ3) is 3.37. The first-order chi connectivity index (χ1) is 9.42. The van der Waals surface area contributed by atoms with Crippen LogP contribution in [0.15, 0.2) is 33.7 Å². The Balaban J connectivity index is 2.21. The molecule has 0 aliphatic rings. The summed E-state index contributed by atoms with van der Waals surface area (Å²) in [6.45, 7) is 1.45. The summed E-state index contributed by atoms with van der Waals surface area (Å²) >= 11 is 5.89. The van der Waals surface area contributed by atoms with Crippen molar-refractivity contribution in [3.8, 4) is 0 Å². The fourth-order valence-electron chi connectivity index (χ4n) is 1.60. The smallest absolute Gasteiger partial charge is 0.242 e. The van der Waals surface area contributed by atoms with Crippen LogP contribution in [0.25, 0.3) is 0 Å². The van der Waals surface area contributed by atoms with E-state index in [4.69, 9.17) is 21.2 Å². The first-order valence-electron chi connectivity index (χ1n) is 5.73. The maximum Gasteiger partial charge on any atom is 0.242 e. The lowest BCUT2D eigenvalue weighted by atomic mass is 10.2. The van der Waals surface area contributed by atoms with Crippen LogP contribution in [0.1, 0.15) is 17.0 Å². The molecule has 108 valence electrons. The number of nitrogens with zero attached hydrogens (tertiary/aromatic N) is 1. The highest BCUT2D eigenvalue weighted by Gasteiger charge is 2.18. The Morgan fingerprint density at radius 1 is 1.40 bits per heavy atom. The minimum atomic E-state index is -3.79. The molecule has 0 saturated heterocycles. The van der Waals surface area contributed by atoms with E-state index in [1.807, 2.05) is 0 Å². The van der Waals surface area contributed by atoms with E-state index in [0.29, 0.717) is 17.0 Å². The van der Waals surface area contributed by atoms with Crippen LogP contribution in [0.3, 0.4) is 0 Å². The van der Waals surface area contributed by atoms with Crippen LogP contribution in [0, 0.1) is 6.92 Å². The van der Waals surface area contributed by atoms with Crippen LogP contribution >= 0.6 is 11.6 Å². The Kier molecular flexibility index (Phi) is 4.44. The average molecular weight is 317 g/mol. The first-order valence-corrected chi connectivity index (χ1v) is 7.59. The number of aromatic nitrogens is 1. The molecule has 0 aliphatic carbocycles. The Morgan fingerprint density at radius 2 is 2.15 bits per heavy atom. The van der Waals surface area contributed by atoms with Crippen LogP contribution in [0.4, 0.5) is 0 Å². The summed E-state index contributed by atoms with van der Waals surface area (Å²) in [5.74, 6) is 0.597. The number of sulfonamides is 1. The number of halogens is 1. The van der Waals surface area contributed by atoms with Crippen LogP contribution in [0.2, 0.25) is 5.02 Å². The lowest BCUT2D eigenvalue weighted by Gasteiger charge is -2.08. The highest BCUT2D eigenvalue weighted by Crippen LogP contribution is 2.22. The molecule has 0 aliphatic heterocycles. The molecule has 8 heteroatoms. The van der Waals surface area contributed by atoms with Gasteiger partial charge in [0.15, 0.2) is 0 Å². The van der Waals surface area contributed by atoms with Gasteiger partial charge < -0.3 is 9.63 Å². The van der Waals surface area contributed by atoms with Gasteiger partial charge in [-0.1, -0.05) is 22.8 Å². The van der Waals surface area contributed by atoms with E-state index < -0.39 is 10.0 Å². The van der Waals surface area contributed by atoms with Gasteiger partial charge in [-0.3, -0.25) is 0 Å². The molecule has 6 nitrogen and oxygen atoms in total. The predicted molar refractivity (Wildman–Crippen MR) is 72.6 cm³/mol. The van der Waals surface area contributed by atoms with Gasteiger partial charge in [0.05, 0.1) is 23.9 Å². The Hall–Kier alpha value is -1.41. The van der Waals surface area contributed by atoms with Crippen molar-refractivity contribution in [2.24, 2.45) is 0 Å². The number of aryl methyl sites for hydroxylation is 1. The van der Waals surface area contributed by atoms with Gasteiger partial charge in [-0.25, -0.2) is 13.1 Å². The first kappa shape index (κ1) is 15.0. The van der Waals surface area contributed by atoms with Gasteiger partial charge >= 0.3 is 0 Å². The molecule has 0 amide bonds. The van der Waals surface area contributed by atoms with Crippen LogP contribution < -0.4 is 4.72 Å². The SMILES string of the molecule is Cc1cc(CNS(=O)(=O)c2cc(CO)ccc2Cl)no1. The third-order valence-corrected chi connectivity index (χ3v) is 4.47. The van der Waals surface area contributed by atoms with Crippen molar-refractivity contribution in [1.29, 1.82) is 0 Å². The summed E-state index contributed by atoms with van der Waals surface area (Å²) in [6.07, 6.45) is 0. The van der Waals surface area contributed by atoms with Crippen molar-refractivity contribution < 1.29 is 18.0 Å². The van der Waals surface area contributed by atoms with Crippen molar-refractivity contribution in [2.75, 3.05) is 0 Å². The summed E-state index contributed by atoms with van der Waals surface area (Å²) < 4.78 is 31.6. The second-order valence-electron chi connectivity index (χ2n) is 4.18. The molecule has 0 saturated carbocycles. The van der Waals surface area contributed by atoms with Crippen molar-refractivity contribution in [1.82, 2.24) is 9.88 Å². The summed E-state index contributed by atoms with van der Waals surface area (Å²) in [4.78, 5) is -0.0778. The van der Waals surface area contributed by atoms with Gasteiger partial charge in [0, 0.05) is 6.07 Å². The zero-order valence-corrected chi connectivity index (χ0v) is 12.2. The van der Waals surface area contributed by atoms with Crippen molar-refractivity contribution in [3.05, 3.63) is 46.3 Å². The molecule has 0 spiro atoms. The summed E-state index contributed by atoms with van der Waals surface area (Å²) in [5.41, 5.74) is 0.938. The Labute approximate surface area is 121 Å². The van der Waals surface area contributed by atoms with Gasteiger partial charge in [0.2, 0.25) is 10.0 Å². The van der Waals surface area contributed by atoms with E-state index in [9.17, 15) is 8.42 Å². The standard InChI is InChI=1S/C12H13ClN2O4S/c1-8-4-10(15-19-8)6-14-20(17,18)12-5-9(7-16)2-3-11(12)13/h2-5,14,16H,6-7H2,1H3. The number of hydrogen-bond donors (Lipinski definition) is 2. The normalized spacial score (nSPS) is 11.8. The topological polar surface area (TPSA) is 92.4 Å². The predicted octanol–water partition coefficient (Wildman–Crippen LogP) is 1.61. The molecule has 0 fully saturated rings. The largest absolute Gasteiger partial charge is 0.392 e. The molecular formula is C12H13ClN2O4S. The van der Waals surface area contributed by atoms with E-state index in [1.54, 1.807) is 19.1 Å². The maximum atomic E-state index is 12.2. The molecule has 2 aromatic rings. The molecular weight excluding hydrogens is 304 g/mol. The lowest BCUT2D eigenvalue weighted by Crippen LogP contribution is -2.23. The number of rotatable bonds is 5. The van der Waals surface area contributed by atoms with Crippen molar-refractivity contribution >= 4 is 21.6 Å². The minimum Gasteiger partial charge on any atom is -0.392 e. The fraction of sp³-hybridized carbons (Fsp3) is 0.250. The van der Waals surface area contributed by atoms with Crippen LogP contribution in [0.5, 0.6) is 0 Å². The van der Waals surface area contributed by atoms with E-state index in [2.05, 4.69) is 9.88 Å². The van der Waals surface area contributed by atoms with Gasteiger partial charge in [-0.2, -0.15) is 0 Å². The number of hydrogen-bond acceptors (Lipinski definition) is 5. The molecule has 2 rings (SSSR count). The molecule has 20 heavy (non-hydrogen) atoms. The quantitative estimate of drug-likeness (QED) is 0.874. The number of benzene rings is 1. The number of aliphatic hydroxyl groups excluding tert-OH is 1. The zero-order chi connectivity index (χ0) is 14.8. The third-order valence-electron chi connectivity index (χ3n) is 2.59. The fourth-order valence-corrected chi connectivity index (χ4v) is 3.15. The monoisotopic (exact) mass is 316 g/mol.